The van der Waals surface area contributed by atoms with Gasteiger partial charge >= 0.3 is 6.03 Å². The third-order valence-corrected chi connectivity index (χ3v) is 5.43. The van der Waals surface area contributed by atoms with E-state index >= 15 is 0 Å². The van der Waals surface area contributed by atoms with Crippen LogP contribution in [0.3, 0.4) is 0 Å². The molecule has 1 unspecified atom stereocenters. The van der Waals surface area contributed by atoms with Gasteiger partial charge in [0.15, 0.2) is 6.10 Å². The Balaban J connectivity index is 1.57. The van der Waals surface area contributed by atoms with Crippen molar-refractivity contribution in [3.63, 3.8) is 0 Å². The zero-order chi connectivity index (χ0) is 22.0. The first-order valence-electron chi connectivity index (χ1n) is 9.60. The summed E-state index contributed by atoms with van der Waals surface area (Å²) in [6, 6.07) is 18.9. The summed E-state index contributed by atoms with van der Waals surface area (Å²) in [7, 11) is 0. The molecule has 1 atom stereocenters. The molecule has 158 valence electrons. The maximum atomic E-state index is 12.9. The molecule has 0 aliphatic carbocycles. The summed E-state index contributed by atoms with van der Waals surface area (Å²) in [6.45, 7) is 2.00. The number of hydrogen-bond acceptors (Lipinski definition) is 3. The number of fused-ring (bicyclic) bond motifs is 1. The number of halogens is 2. The highest BCUT2D eigenvalue weighted by molar-refractivity contribution is 6.31. The fourth-order valence-corrected chi connectivity index (χ4v) is 3.59. The molecule has 0 spiro atoms. The van der Waals surface area contributed by atoms with Crippen molar-refractivity contribution in [1.29, 1.82) is 0 Å². The van der Waals surface area contributed by atoms with Crippen molar-refractivity contribution in [3.05, 3.63) is 82.3 Å². The molecular formula is C23H19Cl2N3O3. The van der Waals surface area contributed by atoms with E-state index in [1.807, 2.05) is 18.2 Å². The van der Waals surface area contributed by atoms with Crippen LogP contribution in [0.15, 0.2) is 66.7 Å². The van der Waals surface area contributed by atoms with Crippen LogP contribution >= 0.6 is 23.2 Å². The van der Waals surface area contributed by atoms with E-state index < -0.39 is 12.1 Å². The standard InChI is InChI=1S/C23H19Cl2N3O3/c1-14-22(29)28(13-15-4-2-3-5-19(15)25)20-12-18(10-11-21(20)31-14)27-23(30)26-17-8-6-16(24)7-9-17/h2-12,14H,13H2,1H3,(H2,26,27,30). The summed E-state index contributed by atoms with van der Waals surface area (Å²) in [5.41, 5.74) is 2.50. The number of nitrogens with zero attached hydrogens (tertiary/aromatic N) is 1. The Labute approximate surface area is 189 Å². The second-order valence-corrected chi connectivity index (χ2v) is 7.89. The lowest BCUT2D eigenvalue weighted by molar-refractivity contribution is -0.125. The molecule has 0 radical (unpaired) electrons. The van der Waals surface area contributed by atoms with Crippen LogP contribution in [0.1, 0.15) is 12.5 Å². The fourth-order valence-electron chi connectivity index (χ4n) is 3.27. The van der Waals surface area contributed by atoms with Crippen LogP contribution in [0.5, 0.6) is 5.75 Å². The normalized spacial score (nSPS) is 15.1. The van der Waals surface area contributed by atoms with Crippen molar-refractivity contribution in [3.8, 4) is 5.75 Å². The first-order chi connectivity index (χ1) is 14.9. The van der Waals surface area contributed by atoms with Gasteiger partial charge < -0.3 is 20.3 Å². The van der Waals surface area contributed by atoms with Crippen LogP contribution in [-0.4, -0.2) is 18.0 Å². The van der Waals surface area contributed by atoms with E-state index in [0.29, 0.717) is 39.4 Å². The van der Waals surface area contributed by atoms with Gasteiger partial charge in [-0.1, -0.05) is 41.4 Å². The lowest BCUT2D eigenvalue weighted by atomic mass is 10.1. The Morgan fingerprint density at radius 3 is 2.42 bits per heavy atom. The van der Waals surface area contributed by atoms with Crippen molar-refractivity contribution >= 4 is 52.2 Å². The molecule has 0 saturated carbocycles. The first-order valence-corrected chi connectivity index (χ1v) is 10.4. The first kappa shape index (κ1) is 21.0. The van der Waals surface area contributed by atoms with Gasteiger partial charge in [0.05, 0.1) is 12.2 Å². The van der Waals surface area contributed by atoms with Crippen LogP contribution in [0.25, 0.3) is 0 Å². The molecule has 1 heterocycles. The number of rotatable bonds is 4. The molecule has 31 heavy (non-hydrogen) atoms. The number of anilines is 3. The number of nitrogens with one attached hydrogen (secondary N) is 2. The lowest BCUT2D eigenvalue weighted by Crippen LogP contribution is -2.44. The van der Waals surface area contributed by atoms with E-state index in [1.165, 1.54) is 0 Å². The van der Waals surface area contributed by atoms with E-state index in [4.69, 9.17) is 27.9 Å². The van der Waals surface area contributed by atoms with E-state index in [0.717, 1.165) is 5.56 Å². The lowest BCUT2D eigenvalue weighted by Gasteiger charge is -2.33. The van der Waals surface area contributed by atoms with Crippen molar-refractivity contribution < 1.29 is 14.3 Å². The molecule has 0 fully saturated rings. The number of ether oxygens (including phenoxy) is 1. The van der Waals surface area contributed by atoms with Crippen molar-refractivity contribution in [2.24, 2.45) is 0 Å². The van der Waals surface area contributed by atoms with Gasteiger partial charge in [-0.25, -0.2) is 4.79 Å². The van der Waals surface area contributed by atoms with E-state index in [9.17, 15) is 9.59 Å². The Hall–Kier alpha value is -3.22. The highest BCUT2D eigenvalue weighted by atomic mass is 35.5. The monoisotopic (exact) mass is 455 g/mol. The van der Waals surface area contributed by atoms with E-state index in [2.05, 4.69) is 10.6 Å². The quantitative estimate of drug-likeness (QED) is 0.510. The Morgan fingerprint density at radius 2 is 1.68 bits per heavy atom. The van der Waals surface area contributed by atoms with Crippen molar-refractivity contribution in [1.82, 2.24) is 0 Å². The number of urea groups is 1. The average Bonchev–Trinajstić information content (AvgIpc) is 2.75. The number of carbonyl (C=O) groups is 2. The molecule has 2 N–H and O–H groups in total. The Bertz CT molecular complexity index is 1140. The fraction of sp³-hybridized carbons (Fsp3) is 0.130. The maximum Gasteiger partial charge on any atom is 0.323 e. The summed E-state index contributed by atoms with van der Waals surface area (Å²) in [5, 5.41) is 6.67. The van der Waals surface area contributed by atoms with Gasteiger partial charge in [-0.15, -0.1) is 0 Å². The molecule has 0 aromatic heterocycles. The zero-order valence-corrected chi connectivity index (χ0v) is 18.1. The number of amides is 3. The van der Waals surface area contributed by atoms with Crippen LogP contribution in [-0.2, 0) is 11.3 Å². The molecule has 1 aliphatic heterocycles. The number of carbonyl (C=O) groups excluding carboxylic acids is 2. The average molecular weight is 456 g/mol. The van der Waals surface area contributed by atoms with Gasteiger partial charge in [0, 0.05) is 21.4 Å². The highest BCUT2D eigenvalue weighted by Gasteiger charge is 2.32. The Morgan fingerprint density at radius 1 is 1.00 bits per heavy atom. The SMILES string of the molecule is CC1Oc2ccc(NC(=O)Nc3ccc(Cl)cc3)cc2N(Cc2ccccc2Cl)C1=O. The van der Waals surface area contributed by atoms with Gasteiger partial charge in [-0.3, -0.25) is 4.79 Å². The molecule has 1 aliphatic rings. The van der Waals surface area contributed by atoms with Crippen molar-refractivity contribution in [2.75, 3.05) is 15.5 Å². The minimum atomic E-state index is -0.623. The summed E-state index contributed by atoms with van der Waals surface area (Å²) in [4.78, 5) is 26.9. The highest BCUT2D eigenvalue weighted by Crippen LogP contribution is 2.37. The predicted octanol–water partition coefficient (Wildman–Crippen LogP) is 5.95. The molecule has 3 amide bonds. The molecule has 3 aromatic rings. The summed E-state index contributed by atoms with van der Waals surface area (Å²) in [5.74, 6) is 0.373. The molecule has 8 heteroatoms. The summed E-state index contributed by atoms with van der Waals surface area (Å²) < 4.78 is 5.74. The zero-order valence-electron chi connectivity index (χ0n) is 16.6. The largest absolute Gasteiger partial charge is 0.479 e. The van der Waals surface area contributed by atoms with E-state index in [1.54, 1.807) is 60.4 Å². The van der Waals surface area contributed by atoms with Gasteiger partial charge in [0.25, 0.3) is 5.91 Å². The van der Waals surface area contributed by atoms with Crippen LogP contribution < -0.4 is 20.3 Å². The molecule has 4 rings (SSSR count). The molecule has 6 nitrogen and oxygen atoms in total. The topological polar surface area (TPSA) is 70.7 Å². The second kappa shape index (κ2) is 8.88. The summed E-state index contributed by atoms with van der Waals surface area (Å²) >= 11 is 12.2. The minimum Gasteiger partial charge on any atom is -0.479 e. The second-order valence-electron chi connectivity index (χ2n) is 7.04. The third kappa shape index (κ3) is 4.76. The predicted molar refractivity (Wildman–Crippen MR) is 123 cm³/mol. The number of hydrogen-bond donors (Lipinski definition) is 2. The third-order valence-electron chi connectivity index (χ3n) is 4.81. The maximum absolute atomic E-state index is 12.9. The molecule has 0 saturated heterocycles. The van der Waals surface area contributed by atoms with Crippen LogP contribution in [0.4, 0.5) is 21.9 Å². The van der Waals surface area contributed by atoms with Crippen LogP contribution in [0.2, 0.25) is 10.0 Å². The minimum absolute atomic E-state index is 0.185. The van der Waals surface area contributed by atoms with Gasteiger partial charge in [-0.2, -0.15) is 0 Å². The van der Waals surface area contributed by atoms with Crippen molar-refractivity contribution in [2.45, 2.75) is 19.6 Å². The van der Waals surface area contributed by atoms with Crippen LogP contribution in [0, 0.1) is 0 Å². The molecular weight excluding hydrogens is 437 g/mol. The number of benzene rings is 3. The van der Waals surface area contributed by atoms with Gasteiger partial charge in [0.2, 0.25) is 0 Å². The van der Waals surface area contributed by atoms with Gasteiger partial charge in [-0.05, 0) is 61.0 Å². The smallest absolute Gasteiger partial charge is 0.323 e. The van der Waals surface area contributed by atoms with E-state index in [-0.39, 0.29) is 5.91 Å². The summed E-state index contributed by atoms with van der Waals surface area (Å²) in [6.07, 6.45) is -0.623. The Kier molecular flexibility index (Phi) is 6.02. The molecule has 0 bridgehead atoms. The van der Waals surface area contributed by atoms with Gasteiger partial charge in [0.1, 0.15) is 5.75 Å². The molecule has 3 aromatic carbocycles.